The molecule has 28 heavy (non-hydrogen) atoms. The van der Waals surface area contributed by atoms with Crippen LogP contribution in [0, 0.1) is 6.92 Å². The van der Waals surface area contributed by atoms with E-state index >= 15 is 0 Å². The lowest BCUT2D eigenvalue weighted by Gasteiger charge is -2.19. The van der Waals surface area contributed by atoms with Crippen molar-refractivity contribution in [2.75, 3.05) is 7.05 Å². The zero-order chi connectivity index (χ0) is 19.9. The Morgan fingerprint density at radius 2 is 1.71 bits per heavy atom. The number of aryl methyl sites for hydroxylation is 1. The molecule has 0 atom stereocenters. The van der Waals surface area contributed by atoms with Crippen LogP contribution in [0.4, 0.5) is 4.79 Å². The van der Waals surface area contributed by atoms with Gasteiger partial charge in [0.2, 0.25) is 0 Å². The first-order valence-electron chi connectivity index (χ1n) is 8.96. The van der Waals surface area contributed by atoms with Gasteiger partial charge in [-0.15, -0.1) is 0 Å². The minimum absolute atomic E-state index is 0.247. The molecule has 0 saturated heterocycles. The lowest BCUT2D eigenvalue weighted by atomic mass is 10.2. The maximum Gasteiger partial charge on any atom is 0.410 e. The number of rotatable bonds is 6. The van der Waals surface area contributed by atoms with Gasteiger partial charge < -0.3 is 14.4 Å². The number of carbonyl (C=O) groups excluding carboxylic acids is 1. The number of hydrogen-bond acceptors (Lipinski definition) is 3. The van der Waals surface area contributed by atoms with Gasteiger partial charge in [0.25, 0.3) is 0 Å². The fraction of sp³-hybridized carbons (Fsp3) is 0.174. The van der Waals surface area contributed by atoms with Crippen LogP contribution < -0.4 is 4.74 Å². The Bertz CT molecular complexity index is 926. The van der Waals surface area contributed by atoms with Crippen LogP contribution in [-0.4, -0.2) is 18.0 Å². The number of hydrogen-bond donors (Lipinski definition) is 0. The average molecular weight is 440 g/mol. The largest absolute Gasteiger partial charge is 0.457 e. The number of amides is 1. The number of nitrogens with zero attached hydrogens (tertiary/aromatic N) is 1. The van der Waals surface area contributed by atoms with E-state index in [9.17, 15) is 4.79 Å². The Morgan fingerprint density at radius 3 is 2.43 bits per heavy atom. The molecule has 3 aromatic rings. The first-order valence-corrected chi connectivity index (χ1v) is 9.75. The van der Waals surface area contributed by atoms with E-state index in [1.54, 1.807) is 7.05 Å². The van der Waals surface area contributed by atoms with Crippen LogP contribution in [0.15, 0.2) is 77.3 Å². The van der Waals surface area contributed by atoms with Crippen molar-refractivity contribution in [1.29, 1.82) is 0 Å². The zero-order valence-corrected chi connectivity index (χ0v) is 17.5. The van der Waals surface area contributed by atoms with E-state index in [1.807, 2.05) is 79.7 Å². The van der Waals surface area contributed by atoms with E-state index in [-0.39, 0.29) is 12.7 Å². The topological polar surface area (TPSA) is 38.8 Å². The summed E-state index contributed by atoms with van der Waals surface area (Å²) in [5.41, 5.74) is 3.02. The molecule has 1 amide bonds. The fourth-order valence-corrected chi connectivity index (χ4v) is 2.98. The normalized spacial score (nSPS) is 10.4. The molecule has 144 valence electrons. The van der Waals surface area contributed by atoms with Gasteiger partial charge in [-0.1, -0.05) is 70.0 Å². The van der Waals surface area contributed by atoms with E-state index in [0.29, 0.717) is 12.3 Å². The zero-order valence-electron chi connectivity index (χ0n) is 15.9. The Balaban J connectivity index is 1.67. The Morgan fingerprint density at radius 1 is 1.00 bits per heavy atom. The first-order chi connectivity index (χ1) is 13.5. The molecule has 0 unspecified atom stereocenters. The van der Waals surface area contributed by atoms with Crippen molar-refractivity contribution in [3.63, 3.8) is 0 Å². The Hall–Kier alpha value is -2.79. The molecule has 0 N–H and O–H groups in total. The Kier molecular flexibility index (Phi) is 6.71. The van der Waals surface area contributed by atoms with Gasteiger partial charge in [0, 0.05) is 17.1 Å². The molecular weight excluding hydrogens is 418 g/mol. The van der Waals surface area contributed by atoms with Crippen molar-refractivity contribution < 1.29 is 14.3 Å². The highest BCUT2D eigenvalue weighted by atomic mass is 79.9. The summed E-state index contributed by atoms with van der Waals surface area (Å²) < 4.78 is 12.4. The van der Waals surface area contributed by atoms with Crippen LogP contribution in [0.3, 0.4) is 0 Å². The third kappa shape index (κ3) is 5.60. The predicted octanol–water partition coefficient (Wildman–Crippen LogP) is 6.32. The minimum Gasteiger partial charge on any atom is -0.457 e. The van der Waals surface area contributed by atoms with Gasteiger partial charge in [0.15, 0.2) is 0 Å². The summed E-state index contributed by atoms with van der Waals surface area (Å²) in [6, 6.07) is 23.3. The molecule has 0 bridgehead atoms. The number of benzene rings is 3. The van der Waals surface area contributed by atoms with Gasteiger partial charge in [-0.05, 0) is 36.8 Å². The third-order valence-electron chi connectivity index (χ3n) is 4.20. The summed E-state index contributed by atoms with van der Waals surface area (Å²) in [6.45, 7) is 2.66. The molecular formula is C23H22BrNO3. The standard InChI is InChI=1S/C23H22BrNO3/c1-17-8-12-21(13-9-17)28-22-14-20(24)11-10-19(22)15-25(2)23(26)27-16-18-6-4-3-5-7-18/h3-14H,15-16H2,1-2H3. The molecule has 0 aliphatic heterocycles. The lowest BCUT2D eigenvalue weighted by Crippen LogP contribution is -2.27. The summed E-state index contributed by atoms with van der Waals surface area (Å²) in [5, 5.41) is 0. The molecule has 3 aromatic carbocycles. The van der Waals surface area contributed by atoms with Gasteiger partial charge in [0.05, 0.1) is 6.54 Å². The quantitative estimate of drug-likeness (QED) is 0.450. The molecule has 0 radical (unpaired) electrons. The van der Waals surface area contributed by atoms with Gasteiger partial charge >= 0.3 is 6.09 Å². The molecule has 0 fully saturated rings. The average Bonchev–Trinajstić information content (AvgIpc) is 2.70. The second-order valence-corrected chi connectivity index (χ2v) is 7.48. The molecule has 5 heteroatoms. The molecule has 4 nitrogen and oxygen atoms in total. The SMILES string of the molecule is Cc1ccc(Oc2cc(Br)ccc2CN(C)C(=O)OCc2ccccc2)cc1. The summed E-state index contributed by atoms with van der Waals surface area (Å²) in [7, 11) is 1.71. The molecule has 0 aromatic heterocycles. The highest BCUT2D eigenvalue weighted by Crippen LogP contribution is 2.29. The van der Waals surface area contributed by atoms with Crippen molar-refractivity contribution in [2.45, 2.75) is 20.1 Å². The smallest absolute Gasteiger partial charge is 0.410 e. The number of halogens is 1. The highest BCUT2D eigenvalue weighted by molar-refractivity contribution is 9.10. The summed E-state index contributed by atoms with van der Waals surface area (Å²) in [5.74, 6) is 1.44. The van der Waals surface area contributed by atoms with E-state index in [1.165, 1.54) is 10.5 Å². The highest BCUT2D eigenvalue weighted by Gasteiger charge is 2.14. The van der Waals surface area contributed by atoms with Crippen LogP contribution in [0.25, 0.3) is 0 Å². The van der Waals surface area contributed by atoms with Gasteiger partial charge in [-0.25, -0.2) is 4.79 Å². The summed E-state index contributed by atoms with van der Waals surface area (Å²) in [4.78, 5) is 13.9. The fourth-order valence-electron chi connectivity index (χ4n) is 2.64. The van der Waals surface area contributed by atoms with Crippen LogP contribution in [0.2, 0.25) is 0 Å². The minimum atomic E-state index is -0.381. The molecule has 0 aliphatic rings. The van der Waals surface area contributed by atoms with E-state index < -0.39 is 0 Å². The lowest BCUT2D eigenvalue weighted by molar-refractivity contribution is 0.102. The maximum absolute atomic E-state index is 12.3. The van der Waals surface area contributed by atoms with Crippen LogP contribution in [-0.2, 0) is 17.9 Å². The van der Waals surface area contributed by atoms with Crippen molar-refractivity contribution >= 4 is 22.0 Å². The maximum atomic E-state index is 12.3. The predicted molar refractivity (Wildman–Crippen MR) is 113 cm³/mol. The molecule has 0 heterocycles. The summed E-state index contributed by atoms with van der Waals surface area (Å²) in [6.07, 6.45) is -0.381. The molecule has 0 spiro atoms. The van der Waals surface area contributed by atoms with Gasteiger partial charge in [-0.2, -0.15) is 0 Å². The van der Waals surface area contributed by atoms with Crippen molar-refractivity contribution in [3.8, 4) is 11.5 Å². The second kappa shape index (κ2) is 9.42. The molecule has 0 aliphatic carbocycles. The van der Waals surface area contributed by atoms with Crippen molar-refractivity contribution in [1.82, 2.24) is 4.90 Å². The second-order valence-electron chi connectivity index (χ2n) is 6.56. The van der Waals surface area contributed by atoms with Gasteiger partial charge in [0.1, 0.15) is 18.1 Å². The van der Waals surface area contributed by atoms with Crippen LogP contribution in [0.1, 0.15) is 16.7 Å². The Labute approximate surface area is 173 Å². The first kappa shape index (κ1) is 20.0. The van der Waals surface area contributed by atoms with E-state index in [4.69, 9.17) is 9.47 Å². The summed E-state index contributed by atoms with van der Waals surface area (Å²) >= 11 is 3.48. The van der Waals surface area contributed by atoms with Crippen molar-refractivity contribution in [3.05, 3.63) is 94.0 Å². The molecule has 0 saturated carbocycles. The molecule has 3 rings (SSSR count). The van der Waals surface area contributed by atoms with E-state index in [2.05, 4.69) is 15.9 Å². The van der Waals surface area contributed by atoms with Gasteiger partial charge in [-0.3, -0.25) is 0 Å². The van der Waals surface area contributed by atoms with E-state index in [0.717, 1.165) is 21.3 Å². The van der Waals surface area contributed by atoms with Crippen LogP contribution >= 0.6 is 15.9 Å². The third-order valence-corrected chi connectivity index (χ3v) is 4.70. The van der Waals surface area contributed by atoms with Crippen LogP contribution in [0.5, 0.6) is 11.5 Å². The number of carbonyl (C=O) groups is 1. The van der Waals surface area contributed by atoms with Crippen molar-refractivity contribution in [2.24, 2.45) is 0 Å². The number of ether oxygens (including phenoxy) is 2. The monoisotopic (exact) mass is 439 g/mol.